The molecule has 0 aliphatic carbocycles. The zero-order valence-electron chi connectivity index (χ0n) is 15.8. The topological polar surface area (TPSA) is 28.5 Å². The summed E-state index contributed by atoms with van der Waals surface area (Å²) in [4.78, 5) is 17.5. The Balaban J connectivity index is 1.79. The summed E-state index contributed by atoms with van der Waals surface area (Å²) in [5.74, 6) is 0.252. The molecule has 140 valence electrons. The molecule has 4 rings (SSSR count). The predicted octanol–water partition coefficient (Wildman–Crippen LogP) is 4.25. The van der Waals surface area contributed by atoms with Crippen LogP contribution in [0.3, 0.4) is 0 Å². The minimum Gasteiger partial charge on any atom is -0.341 e. The second-order valence-electron chi connectivity index (χ2n) is 7.71. The lowest BCUT2D eigenvalue weighted by molar-refractivity contribution is -0.132. The number of aromatic nitrogens is 1. The van der Waals surface area contributed by atoms with Gasteiger partial charge < -0.3 is 9.47 Å². The number of nitrogens with zero attached hydrogens (tertiary/aromatic N) is 3. The van der Waals surface area contributed by atoms with E-state index in [4.69, 9.17) is 11.6 Å². The molecular weight excluding hydrogens is 346 g/mol. The zero-order chi connectivity index (χ0) is 18.3. The fourth-order valence-electron chi connectivity index (χ4n) is 4.77. The average Bonchev–Trinajstić information content (AvgIpc) is 2.95. The number of carbonyl (C=O) groups is 1. The van der Waals surface area contributed by atoms with Gasteiger partial charge in [0.25, 0.3) is 0 Å². The summed E-state index contributed by atoms with van der Waals surface area (Å²) >= 11 is 6.30. The maximum atomic E-state index is 13.0. The van der Waals surface area contributed by atoms with Crippen molar-refractivity contribution in [3.8, 4) is 0 Å². The minimum atomic E-state index is 0.252. The highest BCUT2D eigenvalue weighted by molar-refractivity contribution is 6.31. The normalized spacial score (nSPS) is 21.2. The van der Waals surface area contributed by atoms with Gasteiger partial charge in [0.15, 0.2) is 0 Å². The highest BCUT2D eigenvalue weighted by Gasteiger charge is 2.31. The Morgan fingerprint density at radius 2 is 1.96 bits per heavy atom. The molecule has 1 atom stereocenters. The maximum Gasteiger partial charge on any atom is 0.242 e. The lowest BCUT2D eigenvalue weighted by Crippen LogP contribution is -2.39. The Morgan fingerprint density at radius 3 is 2.69 bits per heavy atom. The van der Waals surface area contributed by atoms with Gasteiger partial charge in [0.2, 0.25) is 5.91 Å². The number of hydrogen-bond donors (Lipinski definition) is 0. The Morgan fingerprint density at radius 1 is 1.19 bits per heavy atom. The van der Waals surface area contributed by atoms with Crippen molar-refractivity contribution in [3.63, 3.8) is 0 Å². The van der Waals surface area contributed by atoms with E-state index in [-0.39, 0.29) is 5.91 Å². The molecule has 0 spiro atoms. The molecule has 0 N–H and O–H groups in total. The smallest absolute Gasteiger partial charge is 0.242 e. The van der Waals surface area contributed by atoms with E-state index in [0.29, 0.717) is 12.6 Å². The summed E-state index contributed by atoms with van der Waals surface area (Å²) in [6.45, 7) is 5.54. The third-order valence-electron chi connectivity index (χ3n) is 6.13. The summed E-state index contributed by atoms with van der Waals surface area (Å²) in [7, 11) is 2.19. The molecule has 1 fully saturated rings. The van der Waals surface area contributed by atoms with Crippen LogP contribution in [0.4, 0.5) is 0 Å². The van der Waals surface area contributed by atoms with Crippen LogP contribution in [0.1, 0.15) is 49.9 Å². The monoisotopic (exact) mass is 373 g/mol. The van der Waals surface area contributed by atoms with E-state index in [1.165, 1.54) is 23.1 Å². The van der Waals surface area contributed by atoms with Crippen molar-refractivity contribution in [3.05, 3.63) is 34.5 Å². The van der Waals surface area contributed by atoms with E-state index in [9.17, 15) is 4.79 Å². The van der Waals surface area contributed by atoms with Gasteiger partial charge >= 0.3 is 0 Å². The number of rotatable bonds is 3. The molecule has 1 aromatic heterocycles. The van der Waals surface area contributed by atoms with Gasteiger partial charge in [0.05, 0.1) is 0 Å². The first-order chi connectivity index (χ1) is 12.6. The van der Waals surface area contributed by atoms with Gasteiger partial charge in [0, 0.05) is 47.3 Å². The Hall–Kier alpha value is -1.52. The van der Waals surface area contributed by atoms with Crippen molar-refractivity contribution in [1.82, 2.24) is 14.4 Å². The van der Waals surface area contributed by atoms with Crippen LogP contribution in [0.25, 0.3) is 10.9 Å². The van der Waals surface area contributed by atoms with Crippen LogP contribution >= 0.6 is 11.6 Å². The third-order valence-corrected chi connectivity index (χ3v) is 6.36. The highest BCUT2D eigenvalue weighted by atomic mass is 35.5. The Kier molecular flexibility index (Phi) is 4.98. The number of fused-ring (bicyclic) bond motifs is 3. The van der Waals surface area contributed by atoms with Gasteiger partial charge in [0.1, 0.15) is 6.54 Å². The summed E-state index contributed by atoms with van der Waals surface area (Å²) in [6, 6.07) is 6.48. The first-order valence-corrected chi connectivity index (χ1v) is 10.3. The van der Waals surface area contributed by atoms with Crippen molar-refractivity contribution in [1.29, 1.82) is 0 Å². The van der Waals surface area contributed by atoms with E-state index >= 15 is 0 Å². The zero-order valence-corrected chi connectivity index (χ0v) is 16.6. The van der Waals surface area contributed by atoms with Crippen LogP contribution in [-0.2, 0) is 17.8 Å². The van der Waals surface area contributed by atoms with Gasteiger partial charge in [-0.3, -0.25) is 9.69 Å². The second kappa shape index (κ2) is 7.24. The summed E-state index contributed by atoms with van der Waals surface area (Å²) in [5.41, 5.74) is 3.86. The fourth-order valence-corrected chi connectivity index (χ4v) is 4.94. The molecule has 0 radical (unpaired) electrons. The molecular formula is C21H28ClN3O. The number of likely N-dealkylation sites (tertiary alicyclic amines) is 1. The standard InChI is InChI=1S/C21H28ClN3O/c1-3-18-21-16(9-12-23(18)2)17-13-15(22)7-8-19(17)25(21)14-20(26)24-10-5-4-6-11-24/h7-8,13,18H,3-6,9-12,14H2,1-2H3. The number of hydrogen-bond acceptors (Lipinski definition) is 2. The van der Waals surface area contributed by atoms with Crippen LogP contribution in [0.2, 0.25) is 5.02 Å². The van der Waals surface area contributed by atoms with E-state index in [2.05, 4.69) is 35.6 Å². The molecule has 1 unspecified atom stereocenters. The van der Waals surface area contributed by atoms with Gasteiger partial charge in [-0.05, 0) is 62.9 Å². The lowest BCUT2D eigenvalue weighted by atomic mass is 9.96. The second-order valence-corrected chi connectivity index (χ2v) is 8.14. The first-order valence-electron chi connectivity index (χ1n) is 9.88. The van der Waals surface area contributed by atoms with Crippen LogP contribution < -0.4 is 0 Å². The molecule has 1 aromatic carbocycles. The van der Waals surface area contributed by atoms with Crippen molar-refractivity contribution < 1.29 is 4.79 Å². The summed E-state index contributed by atoms with van der Waals surface area (Å²) in [6.07, 6.45) is 5.57. The third kappa shape index (κ3) is 3.03. The highest BCUT2D eigenvalue weighted by Crippen LogP contribution is 2.39. The number of amides is 1. The molecule has 0 bridgehead atoms. The minimum absolute atomic E-state index is 0.252. The average molecular weight is 374 g/mol. The molecule has 0 saturated carbocycles. The molecule has 1 amide bonds. The van der Waals surface area contributed by atoms with Gasteiger partial charge in [-0.15, -0.1) is 0 Å². The molecule has 5 heteroatoms. The van der Waals surface area contributed by atoms with Crippen molar-refractivity contribution in [2.45, 2.75) is 51.6 Å². The fraction of sp³-hybridized carbons (Fsp3) is 0.571. The number of carbonyl (C=O) groups excluding carboxylic acids is 1. The van der Waals surface area contributed by atoms with Crippen molar-refractivity contribution >= 4 is 28.4 Å². The predicted molar refractivity (Wildman–Crippen MR) is 107 cm³/mol. The molecule has 3 heterocycles. The van der Waals surface area contributed by atoms with Gasteiger partial charge in [-0.2, -0.15) is 0 Å². The Bertz CT molecular complexity index is 822. The van der Waals surface area contributed by atoms with Crippen LogP contribution in [0, 0.1) is 0 Å². The van der Waals surface area contributed by atoms with Crippen molar-refractivity contribution in [2.24, 2.45) is 0 Å². The number of likely N-dealkylation sites (N-methyl/N-ethyl adjacent to an activating group) is 1. The quantitative estimate of drug-likeness (QED) is 0.804. The van der Waals surface area contributed by atoms with Gasteiger partial charge in [-0.1, -0.05) is 18.5 Å². The summed E-state index contributed by atoms with van der Waals surface area (Å²) in [5, 5.41) is 2.00. The van der Waals surface area contributed by atoms with Crippen LogP contribution in [-0.4, -0.2) is 47.0 Å². The van der Waals surface area contributed by atoms with E-state index < -0.39 is 0 Å². The number of halogens is 1. The van der Waals surface area contributed by atoms with E-state index in [0.717, 1.165) is 55.9 Å². The van der Waals surface area contributed by atoms with E-state index in [1.807, 2.05) is 11.0 Å². The largest absolute Gasteiger partial charge is 0.341 e. The molecule has 2 aliphatic heterocycles. The molecule has 2 aliphatic rings. The molecule has 2 aromatic rings. The SMILES string of the molecule is CCC1c2c(c3cc(Cl)ccc3n2CC(=O)N2CCCCC2)CCN1C. The number of piperidine rings is 1. The number of benzene rings is 1. The van der Waals surface area contributed by atoms with E-state index in [1.54, 1.807) is 0 Å². The Labute approximate surface area is 160 Å². The first kappa shape index (κ1) is 17.9. The van der Waals surface area contributed by atoms with Gasteiger partial charge in [-0.25, -0.2) is 0 Å². The van der Waals surface area contributed by atoms with Crippen molar-refractivity contribution in [2.75, 3.05) is 26.7 Å². The molecule has 26 heavy (non-hydrogen) atoms. The summed E-state index contributed by atoms with van der Waals surface area (Å²) < 4.78 is 2.28. The molecule has 1 saturated heterocycles. The maximum absolute atomic E-state index is 13.0. The van der Waals surface area contributed by atoms with Crippen LogP contribution in [0.5, 0.6) is 0 Å². The lowest BCUT2D eigenvalue weighted by Gasteiger charge is -2.34. The van der Waals surface area contributed by atoms with Crippen LogP contribution in [0.15, 0.2) is 18.2 Å². The molecule has 4 nitrogen and oxygen atoms in total.